The van der Waals surface area contributed by atoms with E-state index in [1.54, 1.807) is 0 Å². The largest absolute Gasteiger partial charge is 0.370 e. The molecule has 2 nitrogen and oxygen atoms in total. The molecule has 0 aromatic carbocycles. The third kappa shape index (κ3) is 3.62. The summed E-state index contributed by atoms with van der Waals surface area (Å²) in [6.07, 6.45) is 5.85. The summed E-state index contributed by atoms with van der Waals surface area (Å²) in [4.78, 5) is 0. The highest BCUT2D eigenvalue weighted by Crippen LogP contribution is 2.24. The Kier molecular flexibility index (Phi) is 4.58. The van der Waals surface area contributed by atoms with Crippen LogP contribution in [0.3, 0.4) is 0 Å². The summed E-state index contributed by atoms with van der Waals surface area (Å²) in [5.41, 5.74) is 0. The van der Waals surface area contributed by atoms with Crippen molar-refractivity contribution in [2.24, 2.45) is 0 Å². The molecule has 0 fully saturated rings. The van der Waals surface area contributed by atoms with Crippen molar-refractivity contribution < 1.29 is 4.57 Å². The zero-order valence-corrected chi connectivity index (χ0v) is 8.94. The molecule has 1 unspecified atom stereocenters. The standard InChI is InChI=1S/C9H10N2S2/c1-12-13(9-10)8-7-11-5-3-2-4-6-11/h2-6H,7H2,1H3. The molecule has 0 saturated carbocycles. The lowest BCUT2D eigenvalue weighted by Crippen LogP contribution is -2.32. The van der Waals surface area contributed by atoms with Crippen molar-refractivity contribution in [3.05, 3.63) is 30.6 Å². The van der Waals surface area contributed by atoms with Gasteiger partial charge in [-0.1, -0.05) is 6.07 Å². The molecule has 0 spiro atoms. The lowest BCUT2D eigenvalue weighted by Gasteiger charge is -2.05. The maximum Gasteiger partial charge on any atom is 0.166 e. The Bertz CT molecular complexity index is 327. The van der Waals surface area contributed by atoms with Crippen molar-refractivity contribution in [2.45, 2.75) is 6.54 Å². The number of thiocyanates is 1. The van der Waals surface area contributed by atoms with Crippen LogP contribution in [0.15, 0.2) is 30.6 Å². The summed E-state index contributed by atoms with van der Waals surface area (Å²) in [5.74, 6) is 0. The van der Waals surface area contributed by atoms with Gasteiger partial charge in [-0.05, 0) is 6.26 Å². The van der Waals surface area contributed by atoms with Crippen LogP contribution in [0.4, 0.5) is 0 Å². The molecule has 13 heavy (non-hydrogen) atoms. The molecular weight excluding hydrogens is 200 g/mol. The SMILES string of the molecule is CSS(C#N)=[C-]C[n+]1ccccc1. The fourth-order valence-corrected chi connectivity index (χ4v) is 2.06. The predicted molar refractivity (Wildman–Crippen MR) is 58.4 cm³/mol. The van der Waals surface area contributed by atoms with Crippen LogP contribution in [-0.2, 0) is 6.54 Å². The lowest BCUT2D eigenvalue weighted by molar-refractivity contribution is -0.680. The minimum Gasteiger partial charge on any atom is -0.370 e. The van der Waals surface area contributed by atoms with Crippen LogP contribution in [-0.4, -0.2) is 11.6 Å². The monoisotopic (exact) mass is 210 g/mol. The van der Waals surface area contributed by atoms with Crippen molar-refractivity contribution in [1.29, 1.82) is 5.26 Å². The molecule has 1 rings (SSSR count). The van der Waals surface area contributed by atoms with Gasteiger partial charge in [-0.2, -0.15) is 5.26 Å². The third-order valence-corrected chi connectivity index (χ3v) is 3.87. The Morgan fingerprint density at radius 2 is 2.15 bits per heavy atom. The van der Waals surface area contributed by atoms with Crippen LogP contribution in [0.2, 0.25) is 0 Å². The van der Waals surface area contributed by atoms with Gasteiger partial charge in [0.15, 0.2) is 12.4 Å². The smallest absolute Gasteiger partial charge is 0.166 e. The van der Waals surface area contributed by atoms with Crippen molar-refractivity contribution in [1.82, 2.24) is 0 Å². The Balaban J connectivity index is 2.62. The Morgan fingerprint density at radius 1 is 1.46 bits per heavy atom. The lowest BCUT2D eigenvalue weighted by atomic mass is 10.5. The molecule has 1 aromatic rings. The molecule has 4 heteroatoms. The van der Waals surface area contributed by atoms with Crippen molar-refractivity contribution in [3.8, 4) is 5.40 Å². The highest BCUT2D eigenvalue weighted by Gasteiger charge is 1.85. The second kappa shape index (κ2) is 5.79. The molecule has 1 aromatic heterocycles. The number of nitriles is 1. The van der Waals surface area contributed by atoms with Gasteiger partial charge in [-0.3, -0.25) is 0 Å². The first-order valence-corrected chi connectivity index (χ1v) is 6.69. The van der Waals surface area contributed by atoms with Crippen molar-refractivity contribution >= 4 is 25.7 Å². The van der Waals surface area contributed by atoms with Crippen LogP contribution in [0.25, 0.3) is 0 Å². The first-order chi connectivity index (χ1) is 6.36. The first kappa shape index (κ1) is 10.3. The molecule has 68 valence electrons. The third-order valence-electron chi connectivity index (χ3n) is 1.41. The van der Waals surface area contributed by atoms with E-state index in [-0.39, 0.29) is 9.52 Å². The van der Waals surface area contributed by atoms with Gasteiger partial charge in [0.1, 0.15) is 5.40 Å². The van der Waals surface area contributed by atoms with Crippen molar-refractivity contribution in [2.75, 3.05) is 6.26 Å². The van der Waals surface area contributed by atoms with E-state index in [2.05, 4.69) is 10.8 Å². The van der Waals surface area contributed by atoms with Crippen LogP contribution in [0.1, 0.15) is 0 Å². The second-order valence-electron chi connectivity index (χ2n) is 2.22. The molecule has 0 aliphatic heterocycles. The molecule has 0 saturated heterocycles. The number of hydrogen-bond donors (Lipinski definition) is 0. The van der Waals surface area contributed by atoms with Crippen LogP contribution < -0.4 is 4.57 Å². The van der Waals surface area contributed by atoms with Gasteiger partial charge in [0.05, 0.1) is 0 Å². The fourth-order valence-electron chi connectivity index (χ4n) is 0.801. The molecule has 0 bridgehead atoms. The number of pyridine rings is 1. The Morgan fingerprint density at radius 3 is 2.69 bits per heavy atom. The minimum atomic E-state index is -0.388. The van der Waals surface area contributed by atoms with E-state index in [4.69, 9.17) is 5.26 Å². The summed E-state index contributed by atoms with van der Waals surface area (Å²) in [6.45, 7) is 0.679. The summed E-state index contributed by atoms with van der Waals surface area (Å²) in [6, 6.07) is 5.89. The van der Waals surface area contributed by atoms with E-state index in [1.165, 1.54) is 10.8 Å². The zero-order chi connectivity index (χ0) is 9.52. The number of nitrogens with zero attached hydrogens (tertiary/aromatic N) is 2. The maximum absolute atomic E-state index is 8.67. The average molecular weight is 210 g/mol. The molecule has 1 atom stereocenters. The summed E-state index contributed by atoms with van der Waals surface area (Å²) in [7, 11) is 1.14. The van der Waals surface area contributed by atoms with E-state index in [0.717, 1.165) is 0 Å². The van der Waals surface area contributed by atoms with Gasteiger partial charge in [0.2, 0.25) is 0 Å². The molecule has 0 aliphatic rings. The summed E-state index contributed by atoms with van der Waals surface area (Å²) >= 11 is 0. The van der Waals surface area contributed by atoms with Crippen LogP contribution in [0, 0.1) is 10.7 Å². The van der Waals surface area contributed by atoms with Gasteiger partial charge >= 0.3 is 0 Å². The van der Waals surface area contributed by atoms with Crippen molar-refractivity contribution in [3.63, 3.8) is 0 Å². The van der Waals surface area contributed by atoms with Gasteiger partial charge in [0.25, 0.3) is 0 Å². The highest BCUT2D eigenvalue weighted by atomic mass is 33.1. The fraction of sp³-hybridized carbons (Fsp3) is 0.222. The van der Waals surface area contributed by atoms with E-state index < -0.39 is 0 Å². The molecular formula is C9H10N2S2. The van der Waals surface area contributed by atoms with Crippen LogP contribution >= 0.6 is 20.3 Å². The normalized spacial score (nSPS) is 12.3. The van der Waals surface area contributed by atoms with Gasteiger partial charge in [-0.15, -0.1) is 10.8 Å². The van der Waals surface area contributed by atoms with Gasteiger partial charge in [0, 0.05) is 18.7 Å². The summed E-state index contributed by atoms with van der Waals surface area (Å²) < 4.78 is 1.99. The first-order valence-electron chi connectivity index (χ1n) is 3.73. The highest BCUT2D eigenvalue weighted by molar-refractivity contribution is 8.85. The minimum absolute atomic E-state index is 0.388. The molecule has 0 radical (unpaired) electrons. The quantitative estimate of drug-likeness (QED) is 0.250. The Hall–Kier alpha value is -0.790. The number of aromatic nitrogens is 1. The van der Waals surface area contributed by atoms with E-state index in [1.807, 2.05) is 41.4 Å². The number of rotatable bonds is 3. The average Bonchev–Trinajstić information content (AvgIpc) is 2.21. The molecule has 0 N–H and O–H groups in total. The maximum atomic E-state index is 8.67. The van der Waals surface area contributed by atoms with Gasteiger partial charge in [-0.25, -0.2) is 14.1 Å². The summed E-state index contributed by atoms with van der Waals surface area (Å²) in [5, 5.41) is 14.0. The van der Waals surface area contributed by atoms with Crippen LogP contribution in [0.5, 0.6) is 0 Å². The second-order valence-corrected chi connectivity index (χ2v) is 5.56. The topological polar surface area (TPSA) is 27.7 Å². The zero-order valence-electron chi connectivity index (χ0n) is 7.30. The predicted octanol–water partition coefficient (Wildman–Crippen LogP) is 1.68. The molecule has 0 amide bonds. The van der Waals surface area contributed by atoms with Gasteiger partial charge < -0.3 is 5.37 Å². The van der Waals surface area contributed by atoms with E-state index in [9.17, 15) is 0 Å². The van der Waals surface area contributed by atoms with E-state index >= 15 is 0 Å². The number of hydrogen-bond acceptors (Lipinski definition) is 2. The Labute approximate surface area is 84.5 Å². The van der Waals surface area contributed by atoms with E-state index in [0.29, 0.717) is 6.54 Å². The molecule has 0 aliphatic carbocycles. The molecule has 1 heterocycles.